The molecule has 1 rings (SSSR count). The smallest absolute Gasteiger partial charge is 0.410 e. The number of ether oxygens (including phenoxy) is 1. The van der Waals surface area contributed by atoms with Gasteiger partial charge < -0.3 is 9.64 Å². The molecule has 0 N–H and O–H groups in total. The minimum atomic E-state index is -0.487. The van der Waals surface area contributed by atoms with Crippen LogP contribution in [0.4, 0.5) is 4.79 Å². The largest absolute Gasteiger partial charge is 0.444 e. The summed E-state index contributed by atoms with van der Waals surface area (Å²) in [6.45, 7) is 7.49. The molecule has 0 bridgehead atoms. The molecule has 3 nitrogen and oxygen atoms in total. The van der Waals surface area contributed by atoms with E-state index in [9.17, 15) is 4.79 Å². The number of hydrogen-bond acceptors (Lipinski definition) is 2. The first-order valence-corrected chi connectivity index (χ1v) is 6.30. The van der Waals surface area contributed by atoms with Crippen molar-refractivity contribution in [2.45, 2.75) is 39.3 Å². The molecular formula is C14H20ClNO2. The molecule has 1 unspecified atom stereocenters. The third kappa shape index (κ3) is 4.22. The summed E-state index contributed by atoms with van der Waals surface area (Å²) < 4.78 is 5.33. The average Bonchev–Trinajstić information content (AvgIpc) is 2.24. The van der Waals surface area contributed by atoms with Gasteiger partial charge in [-0.05, 0) is 45.4 Å². The molecule has 18 heavy (non-hydrogen) atoms. The van der Waals surface area contributed by atoms with Crippen molar-refractivity contribution in [3.05, 3.63) is 34.9 Å². The van der Waals surface area contributed by atoms with E-state index in [4.69, 9.17) is 16.3 Å². The molecule has 0 aromatic heterocycles. The molecule has 1 amide bonds. The number of amides is 1. The standard InChI is InChI=1S/C14H20ClNO2/c1-10(11-7-6-8-12(15)9-11)16(5)13(17)18-14(2,3)4/h6-10H,1-5H3. The molecular weight excluding hydrogens is 250 g/mol. The van der Waals surface area contributed by atoms with E-state index in [1.54, 1.807) is 11.9 Å². The first-order chi connectivity index (χ1) is 8.20. The first-order valence-electron chi connectivity index (χ1n) is 5.92. The van der Waals surface area contributed by atoms with Crippen molar-refractivity contribution >= 4 is 17.7 Å². The van der Waals surface area contributed by atoms with Gasteiger partial charge >= 0.3 is 6.09 Å². The van der Waals surface area contributed by atoms with Gasteiger partial charge in [-0.3, -0.25) is 0 Å². The van der Waals surface area contributed by atoms with Crippen molar-refractivity contribution in [3.8, 4) is 0 Å². The fraction of sp³-hybridized carbons (Fsp3) is 0.500. The molecule has 4 heteroatoms. The molecule has 0 heterocycles. The van der Waals surface area contributed by atoms with Crippen LogP contribution in [0.3, 0.4) is 0 Å². The maximum atomic E-state index is 11.9. The Labute approximate surface area is 114 Å². The Morgan fingerprint density at radius 3 is 2.50 bits per heavy atom. The van der Waals surface area contributed by atoms with Crippen molar-refractivity contribution in [1.82, 2.24) is 4.90 Å². The number of hydrogen-bond donors (Lipinski definition) is 0. The zero-order valence-corrected chi connectivity index (χ0v) is 12.3. The minimum absolute atomic E-state index is 0.0847. The van der Waals surface area contributed by atoms with Crippen LogP contribution in [0.1, 0.15) is 39.3 Å². The van der Waals surface area contributed by atoms with E-state index in [2.05, 4.69) is 0 Å². The molecule has 1 atom stereocenters. The van der Waals surface area contributed by atoms with E-state index < -0.39 is 5.60 Å². The summed E-state index contributed by atoms with van der Waals surface area (Å²) in [5.74, 6) is 0. The Morgan fingerprint density at radius 2 is 2.00 bits per heavy atom. The third-order valence-electron chi connectivity index (χ3n) is 2.59. The molecule has 100 valence electrons. The molecule has 0 radical (unpaired) electrons. The van der Waals surface area contributed by atoms with Gasteiger partial charge in [0.1, 0.15) is 5.60 Å². The molecule has 0 aliphatic heterocycles. The average molecular weight is 270 g/mol. The van der Waals surface area contributed by atoms with Crippen molar-refractivity contribution in [3.63, 3.8) is 0 Å². The van der Waals surface area contributed by atoms with E-state index in [-0.39, 0.29) is 12.1 Å². The second-order valence-electron chi connectivity index (χ2n) is 5.32. The monoisotopic (exact) mass is 269 g/mol. The number of halogens is 1. The molecule has 1 aromatic rings. The van der Waals surface area contributed by atoms with E-state index in [1.165, 1.54) is 0 Å². The van der Waals surface area contributed by atoms with Gasteiger partial charge in [-0.25, -0.2) is 4.79 Å². The summed E-state index contributed by atoms with van der Waals surface area (Å²) in [7, 11) is 1.72. The lowest BCUT2D eigenvalue weighted by Gasteiger charge is -2.29. The van der Waals surface area contributed by atoms with Gasteiger partial charge in [0.05, 0.1) is 6.04 Å². The summed E-state index contributed by atoms with van der Waals surface area (Å²) in [6, 6.07) is 7.39. The number of carbonyl (C=O) groups excluding carboxylic acids is 1. The van der Waals surface area contributed by atoms with Crippen molar-refractivity contribution < 1.29 is 9.53 Å². The maximum absolute atomic E-state index is 11.9. The van der Waals surface area contributed by atoms with Crippen LogP contribution in [-0.2, 0) is 4.74 Å². The van der Waals surface area contributed by atoms with Crippen LogP contribution in [0.25, 0.3) is 0 Å². The van der Waals surface area contributed by atoms with Gasteiger partial charge in [0, 0.05) is 12.1 Å². The first kappa shape index (κ1) is 14.8. The van der Waals surface area contributed by atoms with Gasteiger partial charge in [-0.15, -0.1) is 0 Å². The van der Waals surface area contributed by atoms with Crippen LogP contribution in [0, 0.1) is 0 Å². The Hall–Kier alpha value is -1.22. The molecule has 0 spiro atoms. The summed E-state index contributed by atoms with van der Waals surface area (Å²) in [6.07, 6.45) is -0.338. The van der Waals surface area contributed by atoms with Crippen LogP contribution in [-0.4, -0.2) is 23.6 Å². The van der Waals surface area contributed by atoms with Crippen molar-refractivity contribution in [1.29, 1.82) is 0 Å². The van der Waals surface area contributed by atoms with Crippen LogP contribution in [0.2, 0.25) is 5.02 Å². The highest BCUT2D eigenvalue weighted by Crippen LogP contribution is 2.23. The van der Waals surface area contributed by atoms with E-state index in [0.717, 1.165) is 5.56 Å². The Morgan fingerprint density at radius 1 is 1.39 bits per heavy atom. The fourth-order valence-electron chi connectivity index (χ4n) is 1.48. The zero-order chi connectivity index (χ0) is 13.9. The van der Waals surface area contributed by atoms with Crippen molar-refractivity contribution in [2.75, 3.05) is 7.05 Å². The third-order valence-corrected chi connectivity index (χ3v) is 2.83. The van der Waals surface area contributed by atoms with Gasteiger partial charge in [-0.2, -0.15) is 0 Å². The number of benzene rings is 1. The predicted molar refractivity (Wildman–Crippen MR) is 73.9 cm³/mol. The highest BCUT2D eigenvalue weighted by atomic mass is 35.5. The van der Waals surface area contributed by atoms with Crippen LogP contribution < -0.4 is 0 Å². The highest BCUT2D eigenvalue weighted by Gasteiger charge is 2.23. The highest BCUT2D eigenvalue weighted by molar-refractivity contribution is 6.30. The normalized spacial score (nSPS) is 13.0. The summed E-state index contributed by atoms with van der Waals surface area (Å²) in [5.41, 5.74) is 0.496. The molecule has 0 aliphatic carbocycles. The lowest BCUT2D eigenvalue weighted by Crippen LogP contribution is -2.35. The van der Waals surface area contributed by atoms with E-state index in [0.29, 0.717) is 5.02 Å². The Balaban J connectivity index is 2.78. The van der Waals surface area contributed by atoms with Gasteiger partial charge in [0.2, 0.25) is 0 Å². The van der Waals surface area contributed by atoms with Crippen LogP contribution in [0.15, 0.2) is 24.3 Å². The van der Waals surface area contributed by atoms with Crippen LogP contribution in [0.5, 0.6) is 0 Å². The van der Waals surface area contributed by atoms with Crippen molar-refractivity contribution in [2.24, 2.45) is 0 Å². The molecule has 0 saturated carbocycles. The number of rotatable bonds is 2. The Bertz CT molecular complexity index is 426. The molecule has 0 fully saturated rings. The van der Waals surface area contributed by atoms with E-state index in [1.807, 2.05) is 52.0 Å². The fourth-order valence-corrected chi connectivity index (χ4v) is 1.68. The molecule has 0 aliphatic rings. The molecule has 1 aromatic carbocycles. The predicted octanol–water partition coefficient (Wildman–Crippen LogP) is 4.27. The Kier molecular flexibility index (Phi) is 4.63. The lowest BCUT2D eigenvalue weighted by atomic mass is 10.1. The number of nitrogens with zero attached hydrogens (tertiary/aromatic N) is 1. The summed E-state index contributed by atoms with van der Waals surface area (Å²) >= 11 is 5.94. The summed E-state index contributed by atoms with van der Waals surface area (Å²) in [5, 5.41) is 0.664. The second-order valence-corrected chi connectivity index (χ2v) is 5.76. The topological polar surface area (TPSA) is 29.5 Å². The maximum Gasteiger partial charge on any atom is 0.410 e. The van der Waals surface area contributed by atoms with E-state index >= 15 is 0 Å². The SMILES string of the molecule is CC(c1cccc(Cl)c1)N(C)C(=O)OC(C)(C)C. The second kappa shape index (κ2) is 5.61. The minimum Gasteiger partial charge on any atom is -0.444 e. The zero-order valence-electron chi connectivity index (χ0n) is 11.5. The van der Waals surface area contributed by atoms with Gasteiger partial charge in [0.25, 0.3) is 0 Å². The van der Waals surface area contributed by atoms with Gasteiger partial charge in [-0.1, -0.05) is 23.7 Å². The summed E-state index contributed by atoms with van der Waals surface area (Å²) in [4.78, 5) is 13.5. The van der Waals surface area contributed by atoms with Gasteiger partial charge in [0.15, 0.2) is 0 Å². The number of carbonyl (C=O) groups is 1. The van der Waals surface area contributed by atoms with Crippen LogP contribution >= 0.6 is 11.6 Å². The molecule has 0 saturated heterocycles. The quantitative estimate of drug-likeness (QED) is 0.802. The lowest BCUT2D eigenvalue weighted by molar-refractivity contribution is 0.0234.